The van der Waals surface area contributed by atoms with Gasteiger partial charge in [-0.2, -0.15) is 18.4 Å². The molecule has 0 aliphatic heterocycles. The van der Waals surface area contributed by atoms with Gasteiger partial charge in [-0.05, 0) is 24.3 Å². The molecular weight excluding hydrogens is 290 g/mol. The molecule has 0 fully saturated rings. The van der Waals surface area contributed by atoms with Crippen molar-refractivity contribution in [1.29, 1.82) is 5.26 Å². The lowest BCUT2D eigenvalue weighted by molar-refractivity contribution is -0.141. The Hall–Kier alpha value is -2.82. The first-order valence-electron chi connectivity index (χ1n) is 5.52. The molecule has 0 atom stereocenters. The maximum absolute atomic E-state index is 13.1. The maximum Gasteiger partial charge on any atom is 0.433 e. The van der Waals surface area contributed by atoms with Crippen LogP contribution >= 0.6 is 0 Å². The van der Waals surface area contributed by atoms with Crippen LogP contribution in [0, 0.1) is 17.1 Å². The Bertz CT molecular complexity index is 722. The number of ether oxygens (including phenoxy) is 1. The average Bonchev–Trinajstić information content (AvgIpc) is 2.42. The van der Waals surface area contributed by atoms with E-state index in [9.17, 15) is 17.6 Å². The normalized spacial score (nSPS) is 11.0. The van der Waals surface area contributed by atoms with E-state index in [0.29, 0.717) is 6.07 Å². The number of rotatable bonds is 2. The van der Waals surface area contributed by atoms with E-state index in [1.54, 1.807) is 6.07 Å². The first-order chi connectivity index (χ1) is 9.81. The second-order valence-electron chi connectivity index (χ2n) is 3.94. The summed E-state index contributed by atoms with van der Waals surface area (Å²) in [5, 5.41) is 8.86. The van der Waals surface area contributed by atoms with Crippen LogP contribution in [0.1, 0.15) is 11.3 Å². The highest BCUT2D eigenvalue weighted by Crippen LogP contribution is 2.33. The van der Waals surface area contributed by atoms with Gasteiger partial charge in [-0.15, -0.1) is 0 Å². The van der Waals surface area contributed by atoms with Gasteiger partial charge in [-0.3, -0.25) is 0 Å². The van der Waals surface area contributed by atoms with E-state index >= 15 is 0 Å². The van der Waals surface area contributed by atoms with Gasteiger partial charge < -0.3 is 10.5 Å². The number of nitrogen functional groups attached to an aromatic ring is 1. The predicted molar refractivity (Wildman–Crippen MR) is 64.8 cm³/mol. The highest BCUT2D eigenvalue weighted by Gasteiger charge is 2.33. The van der Waals surface area contributed by atoms with Gasteiger partial charge in [0.1, 0.15) is 23.1 Å². The molecule has 8 heteroatoms. The molecule has 0 aliphatic carbocycles. The summed E-state index contributed by atoms with van der Waals surface area (Å²) in [6, 6.07) is 6.34. The van der Waals surface area contributed by atoms with Crippen LogP contribution < -0.4 is 10.5 Å². The van der Waals surface area contributed by atoms with E-state index in [2.05, 4.69) is 4.98 Å². The molecule has 0 saturated carbocycles. The molecule has 21 heavy (non-hydrogen) atoms. The second kappa shape index (κ2) is 5.28. The summed E-state index contributed by atoms with van der Waals surface area (Å²) in [6.07, 6.45) is -4.69. The monoisotopic (exact) mass is 297 g/mol. The number of halogens is 4. The smallest absolute Gasteiger partial charge is 0.433 e. The zero-order chi connectivity index (χ0) is 15.6. The Morgan fingerprint density at radius 3 is 2.52 bits per heavy atom. The van der Waals surface area contributed by atoms with Crippen molar-refractivity contribution < 1.29 is 22.3 Å². The SMILES string of the molecule is N#Cc1ccc(C(F)(F)F)nc1Oc1cc(F)ccc1N. The first-order valence-corrected chi connectivity index (χ1v) is 5.52. The molecule has 2 aromatic rings. The number of pyridine rings is 1. The van der Waals surface area contributed by atoms with Gasteiger partial charge in [-0.1, -0.05) is 0 Å². The third kappa shape index (κ3) is 3.20. The average molecular weight is 297 g/mol. The lowest BCUT2D eigenvalue weighted by atomic mass is 10.2. The number of benzene rings is 1. The largest absolute Gasteiger partial charge is 0.435 e. The maximum atomic E-state index is 13.1. The third-order valence-corrected chi connectivity index (χ3v) is 2.45. The zero-order valence-corrected chi connectivity index (χ0v) is 10.3. The van der Waals surface area contributed by atoms with Crippen LogP contribution in [0.3, 0.4) is 0 Å². The first kappa shape index (κ1) is 14.6. The molecule has 0 saturated heterocycles. The van der Waals surface area contributed by atoms with Gasteiger partial charge in [-0.25, -0.2) is 9.37 Å². The molecule has 0 aliphatic rings. The minimum atomic E-state index is -4.69. The fraction of sp³-hybridized carbons (Fsp3) is 0.0769. The van der Waals surface area contributed by atoms with Gasteiger partial charge in [0.2, 0.25) is 5.88 Å². The Labute approximate surface area is 116 Å². The van der Waals surface area contributed by atoms with Crippen LogP contribution in [-0.2, 0) is 6.18 Å². The van der Waals surface area contributed by atoms with Crippen molar-refractivity contribution in [2.75, 3.05) is 5.73 Å². The number of anilines is 1. The molecule has 4 nitrogen and oxygen atoms in total. The van der Waals surface area contributed by atoms with Crippen molar-refractivity contribution in [3.05, 3.63) is 47.4 Å². The fourth-order valence-corrected chi connectivity index (χ4v) is 1.46. The quantitative estimate of drug-likeness (QED) is 0.680. The molecule has 1 aromatic heterocycles. The molecular formula is C13H7F4N3O. The summed E-state index contributed by atoms with van der Waals surface area (Å²) in [6.45, 7) is 0. The minimum absolute atomic E-state index is 0.000462. The number of hydrogen-bond acceptors (Lipinski definition) is 4. The van der Waals surface area contributed by atoms with Crippen molar-refractivity contribution in [2.24, 2.45) is 0 Å². The number of alkyl halides is 3. The van der Waals surface area contributed by atoms with Crippen molar-refractivity contribution >= 4 is 5.69 Å². The molecule has 2 rings (SSSR count). The van der Waals surface area contributed by atoms with E-state index in [1.807, 2.05) is 0 Å². The predicted octanol–water partition coefficient (Wildman–Crippen LogP) is 3.49. The molecule has 1 heterocycles. The van der Waals surface area contributed by atoms with Gasteiger partial charge in [0, 0.05) is 6.07 Å². The molecule has 2 N–H and O–H groups in total. The summed E-state index contributed by atoms with van der Waals surface area (Å²) in [4.78, 5) is 3.23. The van der Waals surface area contributed by atoms with E-state index in [4.69, 9.17) is 15.7 Å². The summed E-state index contributed by atoms with van der Waals surface area (Å²) in [5.74, 6) is -1.51. The second-order valence-corrected chi connectivity index (χ2v) is 3.94. The molecule has 0 spiro atoms. The topological polar surface area (TPSA) is 71.9 Å². The van der Waals surface area contributed by atoms with Gasteiger partial charge in [0.15, 0.2) is 5.75 Å². The highest BCUT2D eigenvalue weighted by atomic mass is 19.4. The van der Waals surface area contributed by atoms with E-state index < -0.39 is 23.6 Å². The van der Waals surface area contributed by atoms with Crippen LogP contribution in [0.15, 0.2) is 30.3 Å². The van der Waals surface area contributed by atoms with E-state index in [1.165, 1.54) is 6.07 Å². The van der Waals surface area contributed by atoms with Crippen molar-refractivity contribution in [3.8, 4) is 17.7 Å². The van der Waals surface area contributed by atoms with Crippen LogP contribution in [0.2, 0.25) is 0 Å². The lowest BCUT2D eigenvalue weighted by Crippen LogP contribution is -2.09. The third-order valence-electron chi connectivity index (χ3n) is 2.45. The van der Waals surface area contributed by atoms with Crippen molar-refractivity contribution in [2.45, 2.75) is 6.18 Å². The Morgan fingerprint density at radius 1 is 1.19 bits per heavy atom. The van der Waals surface area contributed by atoms with Crippen LogP contribution in [0.4, 0.5) is 23.2 Å². The number of aromatic nitrogens is 1. The van der Waals surface area contributed by atoms with Crippen LogP contribution in [0.25, 0.3) is 0 Å². The molecule has 108 valence electrons. The molecule has 0 radical (unpaired) electrons. The van der Waals surface area contributed by atoms with Crippen LogP contribution in [0.5, 0.6) is 11.6 Å². The standard InChI is InChI=1S/C13H7F4N3O/c14-8-2-3-9(19)10(5-8)21-12-7(6-18)1-4-11(20-12)13(15,16)17/h1-5H,19H2. The number of nitrogens with zero attached hydrogens (tertiary/aromatic N) is 2. The van der Waals surface area contributed by atoms with E-state index in [-0.39, 0.29) is 17.0 Å². The zero-order valence-electron chi connectivity index (χ0n) is 10.3. The highest BCUT2D eigenvalue weighted by molar-refractivity contribution is 5.54. The fourth-order valence-electron chi connectivity index (χ4n) is 1.46. The number of hydrogen-bond donors (Lipinski definition) is 1. The summed E-state index contributed by atoms with van der Waals surface area (Å²) < 4.78 is 55.9. The molecule has 0 amide bonds. The Morgan fingerprint density at radius 2 is 1.90 bits per heavy atom. The Balaban J connectivity index is 2.47. The van der Waals surface area contributed by atoms with Gasteiger partial charge in [0.25, 0.3) is 0 Å². The molecule has 0 bridgehead atoms. The number of nitrogens with two attached hydrogens (primary N) is 1. The number of nitriles is 1. The summed E-state index contributed by atoms with van der Waals surface area (Å²) >= 11 is 0. The summed E-state index contributed by atoms with van der Waals surface area (Å²) in [5.41, 5.74) is 4.07. The molecule has 1 aromatic carbocycles. The van der Waals surface area contributed by atoms with Crippen molar-refractivity contribution in [3.63, 3.8) is 0 Å². The van der Waals surface area contributed by atoms with Crippen molar-refractivity contribution in [1.82, 2.24) is 4.98 Å². The van der Waals surface area contributed by atoms with Crippen LogP contribution in [-0.4, -0.2) is 4.98 Å². The summed E-state index contributed by atoms with van der Waals surface area (Å²) in [7, 11) is 0. The van der Waals surface area contributed by atoms with Gasteiger partial charge in [0.05, 0.1) is 5.69 Å². The van der Waals surface area contributed by atoms with E-state index in [0.717, 1.165) is 18.2 Å². The Kier molecular flexibility index (Phi) is 3.67. The lowest BCUT2D eigenvalue weighted by Gasteiger charge is -2.11. The minimum Gasteiger partial charge on any atom is -0.435 e. The molecule has 0 unspecified atom stereocenters. The van der Waals surface area contributed by atoms with Gasteiger partial charge >= 0.3 is 6.18 Å².